The van der Waals surface area contributed by atoms with Gasteiger partial charge in [-0.1, -0.05) is 30.3 Å². The van der Waals surface area contributed by atoms with E-state index in [0.29, 0.717) is 0 Å². The number of hydrogen-bond acceptors (Lipinski definition) is 1. The molecule has 0 spiro atoms. The van der Waals surface area contributed by atoms with Crippen LogP contribution in [0.4, 0.5) is 0 Å². The van der Waals surface area contributed by atoms with Crippen LogP contribution in [-0.2, 0) is 6.61 Å². The third kappa shape index (κ3) is 1.95. The highest BCUT2D eigenvalue weighted by molar-refractivity contribution is 5.74. The molecule has 18 heavy (non-hydrogen) atoms. The molecule has 0 fully saturated rings. The van der Waals surface area contributed by atoms with Gasteiger partial charge in [0.25, 0.3) is 0 Å². The maximum Gasteiger partial charge on any atom is 0.0690 e. The molecule has 0 saturated heterocycles. The number of aliphatic hydroxyl groups excluding tert-OH is 1. The molecule has 0 saturated carbocycles. The molecule has 0 bridgehead atoms. The van der Waals surface area contributed by atoms with E-state index in [4.69, 9.17) is 0 Å². The van der Waals surface area contributed by atoms with Crippen molar-refractivity contribution < 1.29 is 5.11 Å². The Morgan fingerprint density at radius 2 is 1.33 bits per heavy atom. The van der Waals surface area contributed by atoms with E-state index in [1.807, 2.05) is 18.2 Å². The lowest BCUT2D eigenvalue weighted by atomic mass is 9.86. The summed E-state index contributed by atoms with van der Waals surface area (Å²) in [4.78, 5) is 0. The topological polar surface area (TPSA) is 20.2 Å². The van der Waals surface area contributed by atoms with Crippen LogP contribution in [0.15, 0.2) is 30.3 Å². The van der Waals surface area contributed by atoms with Crippen molar-refractivity contribution in [2.24, 2.45) is 0 Å². The minimum Gasteiger partial charge on any atom is -0.392 e. The fraction of sp³-hybridized carbons (Fsp3) is 0.294. The van der Waals surface area contributed by atoms with Crippen molar-refractivity contribution >= 4 is 0 Å². The first-order chi connectivity index (χ1) is 8.57. The number of hydrogen-bond donors (Lipinski definition) is 1. The number of aliphatic hydroxyl groups is 1. The molecule has 1 nitrogen and oxygen atoms in total. The summed E-state index contributed by atoms with van der Waals surface area (Å²) in [5.41, 5.74) is 8.53. The predicted molar refractivity (Wildman–Crippen MR) is 76.7 cm³/mol. The molecule has 0 heterocycles. The molecule has 2 aromatic carbocycles. The fourth-order valence-electron chi connectivity index (χ4n) is 2.58. The molecule has 2 rings (SSSR count). The second-order valence-electron chi connectivity index (χ2n) is 4.88. The Hall–Kier alpha value is -1.60. The van der Waals surface area contributed by atoms with E-state index in [1.165, 1.54) is 33.4 Å². The molecule has 0 aliphatic rings. The molecule has 0 amide bonds. The van der Waals surface area contributed by atoms with Crippen molar-refractivity contribution in [3.63, 3.8) is 0 Å². The van der Waals surface area contributed by atoms with Gasteiger partial charge in [-0.2, -0.15) is 0 Å². The molecule has 1 heteroatoms. The van der Waals surface area contributed by atoms with E-state index in [2.05, 4.69) is 39.8 Å². The van der Waals surface area contributed by atoms with Crippen LogP contribution in [0, 0.1) is 27.7 Å². The van der Waals surface area contributed by atoms with Crippen LogP contribution < -0.4 is 0 Å². The summed E-state index contributed by atoms with van der Waals surface area (Å²) in [6.07, 6.45) is 0. The fourth-order valence-corrected chi connectivity index (χ4v) is 2.58. The zero-order valence-electron chi connectivity index (χ0n) is 11.5. The average molecular weight is 240 g/mol. The van der Waals surface area contributed by atoms with Gasteiger partial charge in [0.1, 0.15) is 0 Å². The van der Waals surface area contributed by atoms with Crippen LogP contribution in [0.3, 0.4) is 0 Å². The minimum atomic E-state index is 0.0953. The highest BCUT2D eigenvalue weighted by atomic mass is 16.3. The molecule has 0 aromatic heterocycles. The highest BCUT2D eigenvalue weighted by Crippen LogP contribution is 2.34. The molecule has 94 valence electrons. The van der Waals surface area contributed by atoms with Gasteiger partial charge in [-0.05, 0) is 66.6 Å². The third-order valence-corrected chi connectivity index (χ3v) is 4.04. The normalized spacial score (nSPS) is 10.7. The van der Waals surface area contributed by atoms with E-state index in [0.717, 1.165) is 5.56 Å². The molecule has 2 aromatic rings. The van der Waals surface area contributed by atoms with Gasteiger partial charge in [0, 0.05) is 0 Å². The molecule has 0 unspecified atom stereocenters. The lowest BCUT2D eigenvalue weighted by Crippen LogP contribution is -2.02. The summed E-state index contributed by atoms with van der Waals surface area (Å²) in [6, 6.07) is 10.3. The summed E-state index contributed by atoms with van der Waals surface area (Å²) in [7, 11) is 0. The maximum absolute atomic E-state index is 9.70. The van der Waals surface area contributed by atoms with Crippen LogP contribution in [0.5, 0.6) is 0 Å². The molecule has 0 radical (unpaired) electrons. The summed E-state index contributed by atoms with van der Waals surface area (Å²) in [5, 5.41) is 9.70. The number of benzene rings is 2. The lowest BCUT2D eigenvalue weighted by molar-refractivity contribution is 0.281. The van der Waals surface area contributed by atoms with E-state index in [-0.39, 0.29) is 6.61 Å². The van der Waals surface area contributed by atoms with Gasteiger partial charge < -0.3 is 5.11 Å². The monoisotopic (exact) mass is 240 g/mol. The Morgan fingerprint density at radius 1 is 0.778 bits per heavy atom. The first-order valence-electron chi connectivity index (χ1n) is 6.33. The van der Waals surface area contributed by atoms with Gasteiger partial charge in [0.2, 0.25) is 0 Å². The summed E-state index contributed by atoms with van der Waals surface area (Å²) in [6.45, 7) is 8.62. The first-order valence-corrected chi connectivity index (χ1v) is 6.33. The van der Waals surface area contributed by atoms with Crippen LogP contribution in [0.1, 0.15) is 27.8 Å². The van der Waals surface area contributed by atoms with Gasteiger partial charge in [-0.3, -0.25) is 0 Å². The lowest BCUT2D eigenvalue weighted by Gasteiger charge is -2.20. The zero-order valence-corrected chi connectivity index (χ0v) is 11.5. The van der Waals surface area contributed by atoms with Gasteiger partial charge >= 0.3 is 0 Å². The maximum atomic E-state index is 9.70. The van der Waals surface area contributed by atoms with Gasteiger partial charge in [-0.15, -0.1) is 0 Å². The molecule has 0 aliphatic carbocycles. The van der Waals surface area contributed by atoms with Crippen LogP contribution in [0.2, 0.25) is 0 Å². The van der Waals surface area contributed by atoms with Gasteiger partial charge in [-0.25, -0.2) is 0 Å². The highest BCUT2D eigenvalue weighted by Gasteiger charge is 2.15. The smallest absolute Gasteiger partial charge is 0.0690 e. The average Bonchev–Trinajstić information content (AvgIpc) is 2.41. The van der Waals surface area contributed by atoms with Crippen molar-refractivity contribution in [1.29, 1.82) is 0 Å². The largest absolute Gasteiger partial charge is 0.392 e. The van der Waals surface area contributed by atoms with Crippen molar-refractivity contribution in [3.8, 4) is 11.1 Å². The van der Waals surface area contributed by atoms with E-state index >= 15 is 0 Å². The molecular formula is C17H20O. The Bertz CT molecular complexity index is 568. The van der Waals surface area contributed by atoms with Crippen molar-refractivity contribution in [2.45, 2.75) is 34.3 Å². The van der Waals surface area contributed by atoms with Crippen LogP contribution >= 0.6 is 0 Å². The number of rotatable bonds is 2. The third-order valence-electron chi connectivity index (χ3n) is 4.04. The van der Waals surface area contributed by atoms with Crippen molar-refractivity contribution in [2.75, 3.05) is 0 Å². The summed E-state index contributed by atoms with van der Waals surface area (Å²) < 4.78 is 0. The van der Waals surface area contributed by atoms with Crippen LogP contribution in [-0.4, -0.2) is 5.11 Å². The summed E-state index contributed by atoms with van der Waals surface area (Å²) in [5.74, 6) is 0. The molecule has 0 atom stereocenters. The van der Waals surface area contributed by atoms with Crippen molar-refractivity contribution in [1.82, 2.24) is 0 Å². The summed E-state index contributed by atoms with van der Waals surface area (Å²) >= 11 is 0. The standard InChI is InChI=1S/C17H20O/c1-11-12(2)14(4)17(16(10-18)13(11)3)15-8-6-5-7-9-15/h5-9,18H,10H2,1-4H3. The van der Waals surface area contributed by atoms with E-state index in [9.17, 15) is 5.11 Å². The SMILES string of the molecule is Cc1c(C)c(C)c(-c2ccccc2)c(CO)c1C. The molecule has 0 aliphatic heterocycles. The van der Waals surface area contributed by atoms with Gasteiger partial charge in [0.15, 0.2) is 0 Å². The first kappa shape index (κ1) is 12.8. The molecular weight excluding hydrogens is 220 g/mol. The Kier molecular flexibility index (Phi) is 3.53. The van der Waals surface area contributed by atoms with E-state index < -0.39 is 0 Å². The second-order valence-corrected chi connectivity index (χ2v) is 4.88. The van der Waals surface area contributed by atoms with E-state index in [1.54, 1.807) is 0 Å². The van der Waals surface area contributed by atoms with Crippen molar-refractivity contribution in [3.05, 3.63) is 58.1 Å². The molecule has 1 N–H and O–H groups in total. The second kappa shape index (κ2) is 4.95. The van der Waals surface area contributed by atoms with Gasteiger partial charge in [0.05, 0.1) is 6.61 Å². The Morgan fingerprint density at radius 3 is 1.89 bits per heavy atom. The van der Waals surface area contributed by atoms with Crippen LogP contribution in [0.25, 0.3) is 11.1 Å². The quantitative estimate of drug-likeness (QED) is 0.838. The predicted octanol–water partition coefficient (Wildman–Crippen LogP) is 4.08. The zero-order chi connectivity index (χ0) is 13.3. The Labute approximate surface area is 109 Å². The Balaban J connectivity index is 2.82. The minimum absolute atomic E-state index is 0.0953.